The van der Waals surface area contributed by atoms with Crippen molar-refractivity contribution in [1.29, 1.82) is 0 Å². The first-order valence-corrected chi connectivity index (χ1v) is 9.80. The molecule has 3 N–H and O–H groups in total. The maximum atomic E-state index is 12.5. The number of H-pyrrole nitrogens is 1. The van der Waals surface area contributed by atoms with E-state index in [0.717, 1.165) is 17.5 Å². The summed E-state index contributed by atoms with van der Waals surface area (Å²) in [5.41, 5.74) is 3.23. The van der Waals surface area contributed by atoms with Gasteiger partial charge in [-0.15, -0.1) is 0 Å². The molecule has 0 aliphatic rings. The van der Waals surface area contributed by atoms with Crippen molar-refractivity contribution in [2.75, 3.05) is 20.2 Å². The second-order valence-electron chi connectivity index (χ2n) is 6.55. The summed E-state index contributed by atoms with van der Waals surface area (Å²) in [5.74, 6) is 0.969. The maximum absolute atomic E-state index is 12.5. The van der Waals surface area contributed by atoms with Gasteiger partial charge in [0.05, 0.1) is 6.61 Å². The van der Waals surface area contributed by atoms with Crippen LogP contribution in [0.2, 0.25) is 0 Å². The second kappa shape index (κ2) is 10.5. The van der Waals surface area contributed by atoms with Gasteiger partial charge in [0.25, 0.3) is 0 Å². The molecule has 0 unspecified atom stereocenters. The number of aliphatic imine (C=N–C) groups is 1. The number of aromatic nitrogens is 1. The molecule has 0 spiro atoms. The fourth-order valence-corrected chi connectivity index (χ4v) is 3.18. The zero-order valence-electron chi connectivity index (χ0n) is 17.0. The summed E-state index contributed by atoms with van der Waals surface area (Å²) in [7, 11) is 1.70. The van der Waals surface area contributed by atoms with Crippen molar-refractivity contribution < 1.29 is 18.3 Å². The van der Waals surface area contributed by atoms with Crippen molar-refractivity contribution in [3.05, 3.63) is 59.8 Å². The van der Waals surface area contributed by atoms with Crippen LogP contribution in [0.5, 0.6) is 11.5 Å². The van der Waals surface area contributed by atoms with E-state index in [4.69, 9.17) is 4.74 Å². The smallest absolute Gasteiger partial charge is 0.387 e. The fourth-order valence-electron chi connectivity index (χ4n) is 3.18. The van der Waals surface area contributed by atoms with Gasteiger partial charge < -0.3 is 25.1 Å². The Balaban J connectivity index is 1.54. The molecule has 0 aliphatic heterocycles. The lowest BCUT2D eigenvalue weighted by atomic mass is 10.1. The van der Waals surface area contributed by atoms with Gasteiger partial charge in [0.1, 0.15) is 0 Å². The highest BCUT2D eigenvalue weighted by Crippen LogP contribution is 2.29. The number of alkyl halides is 2. The number of aromatic amines is 1. The number of ether oxygens (including phenoxy) is 2. The summed E-state index contributed by atoms with van der Waals surface area (Å²) in [6, 6.07) is 13.1. The molecule has 1 heterocycles. The van der Waals surface area contributed by atoms with Crippen LogP contribution in [0.15, 0.2) is 53.7 Å². The molecule has 0 atom stereocenters. The Labute approximate surface area is 174 Å². The number of nitrogens with zero attached hydrogens (tertiary/aromatic N) is 1. The highest BCUT2D eigenvalue weighted by Gasteiger charge is 2.12. The molecule has 160 valence electrons. The van der Waals surface area contributed by atoms with Gasteiger partial charge in [-0.05, 0) is 42.7 Å². The van der Waals surface area contributed by atoms with Gasteiger partial charge in [-0.3, -0.25) is 4.99 Å². The molecule has 8 heteroatoms. The first-order valence-electron chi connectivity index (χ1n) is 9.80. The molecule has 0 saturated carbocycles. The van der Waals surface area contributed by atoms with Gasteiger partial charge in [0.2, 0.25) is 0 Å². The lowest BCUT2D eigenvalue weighted by Gasteiger charge is -2.15. The Morgan fingerprint density at radius 2 is 1.97 bits per heavy atom. The van der Waals surface area contributed by atoms with E-state index in [1.165, 1.54) is 17.0 Å². The summed E-state index contributed by atoms with van der Waals surface area (Å²) >= 11 is 0. The monoisotopic (exact) mass is 416 g/mol. The third kappa shape index (κ3) is 5.62. The van der Waals surface area contributed by atoms with Gasteiger partial charge in [-0.25, -0.2) is 0 Å². The molecule has 1 aromatic heterocycles. The predicted octanol–water partition coefficient (Wildman–Crippen LogP) is 4.08. The van der Waals surface area contributed by atoms with Gasteiger partial charge in [-0.2, -0.15) is 8.78 Å². The van der Waals surface area contributed by atoms with Crippen LogP contribution < -0.4 is 20.1 Å². The van der Waals surface area contributed by atoms with Crippen molar-refractivity contribution in [1.82, 2.24) is 15.6 Å². The molecule has 0 radical (unpaired) electrons. The van der Waals surface area contributed by atoms with Crippen LogP contribution in [-0.4, -0.2) is 37.8 Å². The summed E-state index contributed by atoms with van der Waals surface area (Å²) in [5, 5.41) is 7.73. The van der Waals surface area contributed by atoms with Crippen LogP contribution in [0.1, 0.15) is 18.1 Å². The van der Waals surface area contributed by atoms with E-state index in [9.17, 15) is 8.78 Å². The number of para-hydroxylation sites is 1. The molecule has 0 amide bonds. The van der Waals surface area contributed by atoms with Crippen molar-refractivity contribution in [2.45, 2.75) is 26.5 Å². The average Bonchev–Trinajstić information content (AvgIpc) is 3.15. The van der Waals surface area contributed by atoms with Crippen molar-refractivity contribution >= 4 is 16.9 Å². The number of benzene rings is 2. The van der Waals surface area contributed by atoms with Crippen LogP contribution in [0.25, 0.3) is 10.9 Å². The molecule has 3 rings (SSSR count). The molecule has 2 aromatic carbocycles. The van der Waals surface area contributed by atoms with E-state index in [1.807, 2.05) is 18.3 Å². The van der Waals surface area contributed by atoms with E-state index in [-0.39, 0.29) is 5.75 Å². The Morgan fingerprint density at radius 1 is 1.13 bits per heavy atom. The second-order valence-corrected chi connectivity index (χ2v) is 6.55. The first kappa shape index (κ1) is 21.4. The molecule has 3 aromatic rings. The molecule has 0 aliphatic carbocycles. The fraction of sp³-hybridized carbons (Fsp3) is 0.318. The Hall–Kier alpha value is -3.29. The Kier molecular flexibility index (Phi) is 7.48. The van der Waals surface area contributed by atoms with Crippen LogP contribution in [0.3, 0.4) is 0 Å². The minimum Gasteiger partial charge on any atom is -0.490 e. The molecule has 0 fully saturated rings. The largest absolute Gasteiger partial charge is 0.490 e. The van der Waals surface area contributed by atoms with Crippen LogP contribution in [0.4, 0.5) is 8.78 Å². The Bertz CT molecular complexity index is 988. The van der Waals surface area contributed by atoms with E-state index in [0.29, 0.717) is 31.4 Å². The Morgan fingerprint density at radius 3 is 2.73 bits per heavy atom. The van der Waals surface area contributed by atoms with Crippen molar-refractivity contribution in [3.63, 3.8) is 0 Å². The summed E-state index contributed by atoms with van der Waals surface area (Å²) in [4.78, 5) is 7.51. The van der Waals surface area contributed by atoms with Crippen LogP contribution in [0, 0.1) is 0 Å². The first-order chi connectivity index (χ1) is 14.6. The summed E-state index contributed by atoms with van der Waals surface area (Å²) in [6.45, 7) is 0.423. The van der Waals surface area contributed by atoms with E-state index in [1.54, 1.807) is 26.1 Å². The van der Waals surface area contributed by atoms with Gasteiger partial charge >= 0.3 is 6.61 Å². The number of nitrogens with one attached hydrogen (secondary N) is 3. The molecule has 6 nitrogen and oxygen atoms in total. The number of hydrogen-bond donors (Lipinski definition) is 3. The zero-order chi connectivity index (χ0) is 21.3. The lowest BCUT2D eigenvalue weighted by Crippen LogP contribution is -2.37. The van der Waals surface area contributed by atoms with Crippen molar-refractivity contribution in [3.8, 4) is 11.5 Å². The third-order valence-electron chi connectivity index (χ3n) is 4.57. The molecule has 0 saturated heterocycles. The van der Waals surface area contributed by atoms with Gasteiger partial charge in [0.15, 0.2) is 17.5 Å². The van der Waals surface area contributed by atoms with E-state index >= 15 is 0 Å². The van der Waals surface area contributed by atoms with Crippen LogP contribution >= 0.6 is 0 Å². The normalized spacial score (nSPS) is 11.7. The van der Waals surface area contributed by atoms with Crippen molar-refractivity contribution in [2.24, 2.45) is 4.99 Å². The maximum Gasteiger partial charge on any atom is 0.387 e. The SMILES string of the molecule is CCOc1cc(CNC(=NC)NCCc2c[nH]c3ccccc23)ccc1OC(F)F. The van der Waals surface area contributed by atoms with E-state index in [2.05, 4.69) is 37.5 Å². The highest BCUT2D eigenvalue weighted by atomic mass is 19.3. The molecule has 30 heavy (non-hydrogen) atoms. The quantitative estimate of drug-likeness (QED) is 0.363. The predicted molar refractivity (Wildman–Crippen MR) is 114 cm³/mol. The number of fused-ring (bicyclic) bond motifs is 1. The average molecular weight is 416 g/mol. The minimum absolute atomic E-state index is 0.0248. The number of hydrogen-bond acceptors (Lipinski definition) is 3. The van der Waals surface area contributed by atoms with Gasteiger partial charge in [-0.1, -0.05) is 24.3 Å². The van der Waals surface area contributed by atoms with Gasteiger partial charge in [0, 0.05) is 37.2 Å². The number of rotatable bonds is 9. The standard InChI is InChI=1S/C22H26F2N4O2/c1-3-29-20-12-15(8-9-19(20)30-21(23)24)13-28-22(25-2)26-11-10-16-14-27-18-7-5-4-6-17(16)18/h4-9,12,14,21,27H,3,10-11,13H2,1-2H3,(H2,25,26,28). The summed E-state index contributed by atoms with van der Waals surface area (Å²) < 4.78 is 35.0. The third-order valence-corrected chi connectivity index (χ3v) is 4.57. The number of halogens is 2. The topological polar surface area (TPSA) is 70.7 Å². The lowest BCUT2D eigenvalue weighted by molar-refractivity contribution is -0.0514. The number of guanidine groups is 1. The van der Waals surface area contributed by atoms with Crippen LogP contribution in [-0.2, 0) is 13.0 Å². The zero-order valence-corrected chi connectivity index (χ0v) is 17.0. The molecular weight excluding hydrogens is 390 g/mol. The molecular formula is C22H26F2N4O2. The highest BCUT2D eigenvalue weighted by molar-refractivity contribution is 5.83. The van der Waals surface area contributed by atoms with E-state index < -0.39 is 6.61 Å². The molecule has 0 bridgehead atoms. The minimum atomic E-state index is -2.90. The summed E-state index contributed by atoms with van der Waals surface area (Å²) in [6.07, 6.45) is 2.87.